The van der Waals surface area contributed by atoms with E-state index < -0.39 is 5.60 Å². The van der Waals surface area contributed by atoms with E-state index in [4.69, 9.17) is 4.74 Å². The molecule has 1 aliphatic heterocycles. The maximum Gasteiger partial charge on any atom is 0.272 e. The van der Waals surface area contributed by atoms with Crippen LogP contribution in [0.1, 0.15) is 16.1 Å². The molecule has 1 saturated heterocycles. The molecular weight excluding hydrogens is 392 g/mol. The Kier molecular flexibility index (Phi) is 6.04. The van der Waals surface area contributed by atoms with E-state index in [1.54, 1.807) is 48.7 Å². The van der Waals surface area contributed by atoms with Gasteiger partial charge in [-0.3, -0.25) is 19.6 Å². The van der Waals surface area contributed by atoms with Crippen molar-refractivity contribution in [3.05, 3.63) is 84.4 Å². The number of benzene rings is 1. The van der Waals surface area contributed by atoms with Gasteiger partial charge in [0.2, 0.25) is 0 Å². The molecule has 1 N–H and O–H groups in total. The van der Waals surface area contributed by atoms with Crippen molar-refractivity contribution in [3.63, 3.8) is 0 Å². The average Bonchev–Trinajstić information content (AvgIpc) is 2.84. The van der Waals surface area contributed by atoms with Crippen molar-refractivity contribution in [1.29, 1.82) is 0 Å². The predicted octanol–water partition coefficient (Wildman–Crippen LogP) is 2.34. The Bertz CT molecular complexity index is 1060. The second kappa shape index (κ2) is 9.06. The van der Waals surface area contributed by atoms with Crippen LogP contribution in [0.5, 0.6) is 0 Å². The Balaban J connectivity index is 1.61. The fourth-order valence-corrected chi connectivity index (χ4v) is 3.89. The van der Waals surface area contributed by atoms with Crippen molar-refractivity contribution in [1.82, 2.24) is 20.2 Å². The minimum atomic E-state index is -1.18. The zero-order chi connectivity index (χ0) is 21.7. The lowest BCUT2D eigenvalue weighted by atomic mass is 9.90. The number of hydrogen-bond acceptors (Lipinski definition) is 5. The van der Waals surface area contributed by atoms with E-state index in [-0.39, 0.29) is 25.0 Å². The van der Waals surface area contributed by atoms with Gasteiger partial charge in [0, 0.05) is 38.6 Å². The Labute approximate surface area is 181 Å². The number of hydrogen-bond donors (Lipinski definition) is 1. The number of aromatic nitrogens is 2. The topological polar surface area (TPSA) is 84.4 Å². The molecule has 4 rings (SSSR count). The third-order valence-electron chi connectivity index (χ3n) is 5.41. The summed E-state index contributed by atoms with van der Waals surface area (Å²) in [6, 6.07) is 17.1. The van der Waals surface area contributed by atoms with Gasteiger partial charge in [-0.1, -0.05) is 36.4 Å². The maximum absolute atomic E-state index is 13.0. The summed E-state index contributed by atoms with van der Waals surface area (Å²) in [5, 5.41) is 2.71. The van der Waals surface area contributed by atoms with Gasteiger partial charge in [-0.2, -0.15) is 0 Å². The molecule has 1 fully saturated rings. The van der Waals surface area contributed by atoms with Crippen LogP contribution in [0.15, 0.2) is 73.2 Å². The van der Waals surface area contributed by atoms with Crippen molar-refractivity contribution in [2.45, 2.75) is 12.0 Å². The second-order valence-corrected chi connectivity index (χ2v) is 7.48. The highest BCUT2D eigenvalue weighted by Gasteiger charge is 2.45. The molecular formula is C24H24N4O3. The number of likely N-dealkylation sites (N-methyl/N-ethyl adjacent to an activating group) is 1. The third-order valence-corrected chi connectivity index (χ3v) is 5.41. The number of rotatable bonds is 5. The first kappa shape index (κ1) is 20.7. The number of carbonyl (C=O) groups excluding carboxylic acids is 2. The fourth-order valence-electron chi connectivity index (χ4n) is 3.89. The number of nitrogens with one attached hydrogen (secondary N) is 1. The standard InChI is InChI=1S/C24H24N4O3/c1-25-23(30)24(15-18-6-4-7-19(14-18)20-8-5-10-26-16-20)17-28(12-13-31-24)22(29)21-9-2-3-11-27-21/h2-11,14,16H,12-13,15,17H2,1H3,(H,25,30)/t24-/m1/s1. The molecule has 31 heavy (non-hydrogen) atoms. The summed E-state index contributed by atoms with van der Waals surface area (Å²) in [4.78, 5) is 35.9. The van der Waals surface area contributed by atoms with Gasteiger partial charge in [-0.05, 0) is 34.9 Å². The van der Waals surface area contributed by atoms with E-state index in [1.165, 1.54) is 0 Å². The zero-order valence-electron chi connectivity index (χ0n) is 17.3. The van der Waals surface area contributed by atoms with E-state index in [0.29, 0.717) is 18.7 Å². The van der Waals surface area contributed by atoms with E-state index >= 15 is 0 Å². The summed E-state index contributed by atoms with van der Waals surface area (Å²) >= 11 is 0. The molecule has 0 unspecified atom stereocenters. The summed E-state index contributed by atoms with van der Waals surface area (Å²) < 4.78 is 6.05. The first-order valence-electron chi connectivity index (χ1n) is 10.2. The van der Waals surface area contributed by atoms with Gasteiger partial charge in [0.15, 0.2) is 5.60 Å². The van der Waals surface area contributed by atoms with E-state index in [0.717, 1.165) is 16.7 Å². The summed E-state index contributed by atoms with van der Waals surface area (Å²) in [5.41, 5.74) is 2.13. The van der Waals surface area contributed by atoms with Crippen LogP contribution < -0.4 is 5.32 Å². The van der Waals surface area contributed by atoms with Crippen LogP contribution in [0.2, 0.25) is 0 Å². The Hall–Kier alpha value is -3.58. The van der Waals surface area contributed by atoms with Crippen molar-refractivity contribution >= 4 is 11.8 Å². The van der Waals surface area contributed by atoms with Crippen LogP contribution in [-0.4, -0.2) is 59.0 Å². The summed E-state index contributed by atoms with van der Waals surface area (Å²) in [7, 11) is 1.58. The second-order valence-electron chi connectivity index (χ2n) is 7.48. The lowest BCUT2D eigenvalue weighted by Crippen LogP contribution is -2.61. The number of amides is 2. The first-order chi connectivity index (χ1) is 15.1. The maximum atomic E-state index is 13.0. The van der Waals surface area contributed by atoms with Crippen LogP contribution in [0.25, 0.3) is 11.1 Å². The van der Waals surface area contributed by atoms with Crippen LogP contribution >= 0.6 is 0 Å². The van der Waals surface area contributed by atoms with Crippen molar-refractivity contribution in [3.8, 4) is 11.1 Å². The molecule has 0 saturated carbocycles. The van der Waals surface area contributed by atoms with Gasteiger partial charge >= 0.3 is 0 Å². The molecule has 0 spiro atoms. The average molecular weight is 416 g/mol. The van der Waals surface area contributed by atoms with Gasteiger partial charge in [0.25, 0.3) is 11.8 Å². The molecule has 1 aromatic carbocycles. The molecule has 3 aromatic rings. The van der Waals surface area contributed by atoms with Gasteiger partial charge < -0.3 is 15.0 Å². The Morgan fingerprint density at radius 3 is 2.71 bits per heavy atom. The van der Waals surface area contributed by atoms with E-state index in [9.17, 15) is 9.59 Å². The minimum absolute atomic E-state index is 0.152. The highest BCUT2D eigenvalue weighted by molar-refractivity contribution is 5.93. The van der Waals surface area contributed by atoms with Gasteiger partial charge in [-0.15, -0.1) is 0 Å². The van der Waals surface area contributed by atoms with Crippen LogP contribution in [-0.2, 0) is 16.0 Å². The van der Waals surface area contributed by atoms with E-state index in [1.807, 2.05) is 36.4 Å². The van der Waals surface area contributed by atoms with Gasteiger partial charge in [0.1, 0.15) is 5.69 Å². The number of morpholine rings is 1. The highest BCUT2D eigenvalue weighted by Crippen LogP contribution is 2.27. The lowest BCUT2D eigenvalue weighted by molar-refractivity contribution is -0.156. The number of nitrogens with zero attached hydrogens (tertiary/aromatic N) is 3. The smallest absolute Gasteiger partial charge is 0.272 e. The molecule has 3 heterocycles. The largest absolute Gasteiger partial charge is 0.361 e. The summed E-state index contributed by atoms with van der Waals surface area (Å²) in [6.07, 6.45) is 5.46. The molecule has 1 aliphatic rings. The molecule has 7 heteroatoms. The SMILES string of the molecule is CNC(=O)[C@@]1(Cc2cccc(-c3cccnc3)c2)CN(C(=O)c2ccccn2)CCO1. The molecule has 7 nitrogen and oxygen atoms in total. The molecule has 0 bridgehead atoms. The molecule has 2 aromatic heterocycles. The third kappa shape index (κ3) is 4.46. The summed E-state index contributed by atoms with van der Waals surface area (Å²) in [5.74, 6) is -0.459. The predicted molar refractivity (Wildman–Crippen MR) is 116 cm³/mol. The van der Waals surface area contributed by atoms with Crippen molar-refractivity contribution in [2.75, 3.05) is 26.7 Å². The molecule has 1 atom stereocenters. The quantitative estimate of drug-likeness (QED) is 0.690. The monoisotopic (exact) mass is 416 g/mol. The van der Waals surface area contributed by atoms with E-state index in [2.05, 4.69) is 15.3 Å². The van der Waals surface area contributed by atoms with Crippen LogP contribution in [0.4, 0.5) is 0 Å². The Morgan fingerprint density at radius 2 is 1.97 bits per heavy atom. The molecule has 158 valence electrons. The van der Waals surface area contributed by atoms with Gasteiger partial charge in [0.05, 0.1) is 13.2 Å². The lowest BCUT2D eigenvalue weighted by Gasteiger charge is -2.41. The molecule has 0 aliphatic carbocycles. The van der Waals surface area contributed by atoms with Crippen LogP contribution in [0.3, 0.4) is 0 Å². The number of carbonyl (C=O) groups is 2. The number of pyridine rings is 2. The van der Waals surface area contributed by atoms with Crippen molar-refractivity contribution < 1.29 is 14.3 Å². The summed E-state index contributed by atoms with van der Waals surface area (Å²) in [6.45, 7) is 0.831. The number of ether oxygens (including phenoxy) is 1. The highest BCUT2D eigenvalue weighted by atomic mass is 16.5. The molecule has 0 radical (unpaired) electrons. The zero-order valence-corrected chi connectivity index (χ0v) is 17.3. The van der Waals surface area contributed by atoms with Crippen LogP contribution in [0, 0.1) is 0 Å². The first-order valence-corrected chi connectivity index (χ1v) is 10.2. The minimum Gasteiger partial charge on any atom is -0.361 e. The van der Waals surface area contributed by atoms with Gasteiger partial charge in [-0.25, -0.2) is 0 Å². The normalized spacial score (nSPS) is 18.4. The fraction of sp³-hybridized carbons (Fsp3) is 0.250. The van der Waals surface area contributed by atoms with Crippen molar-refractivity contribution in [2.24, 2.45) is 0 Å². The molecule has 2 amide bonds. The Morgan fingerprint density at radius 1 is 1.10 bits per heavy atom.